The van der Waals surface area contributed by atoms with E-state index in [1.807, 2.05) is 0 Å². The molecule has 0 atom stereocenters. The van der Waals surface area contributed by atoms with E-state index in [4.69, 9.17) is 0 Å². The van der Waals surface area contributed by atoms with E-state index in [1.54, 1.807) is 18.2 Å². The van der Waals surface area contributed by atoms with E-state index in [9.17, 15) is 23.1 Å². The Bertz CT molecular complexity index is 698. The fourth-order valence-electron chi connectivity index (χ4n) is 1.75. The van der Waals surface area contributed by atoms with Crippen molar-refractivity contribution >= 4 is 12.1 Å². The maximum atomic E-state index is 12.8. The Balaban J connectivity index is 2.19. The molecule has 0 saturated heterocycles. The van der Waals surface area contributed by atoms with Crippen LogP contribution in [0.4, 0.5) is 13.2 Å². The molecule has 0 aliphatic rings. The van der Waals surface area contributed by atoms with Crippen LogP contribution in [0.5, 0.6) is 5.75 Å². The third-order valence-corrected chi connectivity index (χ3v) is 2.78. The van der Waals surface area contributed by atoms with Crippen molar-refractivity contribution in [2.75, 3.05) is 0 Å². The van der Waals surface area contributed by atoms with Crippen molar-refractivity contribution < 1.29 is 23.1 Å². The predicted molar refractivity (Wildman–Crippen MR) is 74.6 cm³/mol. The minimum Gasteiger partial charge on any atom is -0.507 e. The van der Waals surface area contributed by atoms with Crippen molar-refractivity contribution in [2.24, 2.45) is 5.10 Å². The molecule has 2 aromatic carbocycles. The summed E-state index contributed by atoms with van der Waals surface area (Å²) in [5.41, 5.74) is 0.871. The number of aromatic hydroxyl groups is 1. The van der Waals surface area contributed by atoms with Crippen LogP contribution in [0.3, 0.4) is 0 Å². The Kier molecular flexibility index (Phi) is 4.45. The van der Waals surface area contributed by atoms with Crippen LogP contribution in [0.1, 0.15) is 21.5 Å². The number of nitrogens with zero attached hydrogens (tertiary/aromatic N) is 1. The molecular formula is C15H11F3N2O2. The smallest absolute Gasteiger partial charge is 0.417 e. The van der Waals surface area contributed by atoms with E-state index in [0.29, 0.717) is 5.56 Å². The quantitative estimate of drug-likeness (QED) is 0.676. The molecule has 0 radical (unpaired) electrons. The molecule has 7 heteroatoms. The van der Waals surface area contributed by atoms with E-state index < -0.39 is 29.0 Å². The number of benzene rings is 2. The number of carbonyl (C=O) groups excluding carboxylic acids is 1. The lowest BCUT2D eigenvalue weighted by Crippen LogP contribution is -2.18. The molecule has 0 bridgehead atoms. The number of amides is 1. The summed E-state index contributed by atoms with van der Waals surface area (Å²) in [6.07, 6.45) is -3.87. The Morgan fingerprint density at radius 2 is 1.77 bits per heavy atom. The number of alkyl halides is 3. The number of hydrogen-bond acceptors (Lipinski definition) is 3. The predicted octanol–water partition coefficient (Wildman–Crippen LogP) is 3.17. The molecule has 2 rings (SSSR count). The Morgan fingerprint density at radius 1 is 1.09 bits per heavy atom. The molecule has 2 aromatic rings. The van der Waals surface area contributed by atoms with Gasteiger partial charge in [-0.05, 0) is 24.3 Å². The highest BCUT2D eigenvalue weighted by atomic mass is 19.4. The van der Waals surface area contributed by atoms with Crippen molar-refractivity contribution in [3.63, 3.8) is 0 Å². The molecule has 22 heavy (non-hydrogen) atoms. The first-order chi connectivity index (χ1) is 10.4. The summed E-state index contributed by atoms with van der Waals surface area (Å²) >= 11 is 0. The summed E-state index contributed by atoms with van der Waals surface area (Å²) in [5, 5.41) is 13.0. The van der Waals surface area contributed by atoms with Crippen molar-refractivity contribution in [1.82, 2.24) is 5.43 Å². The van der Waals surface area contributed by atoms with Crippen LogP contribution >= 0.6 is 0 Å². The lowest BCUT2D eigenvalue weighted by molar-refractivity contribution is -0.137. The number of rotatable bonds is 3. The van der Waals surface area contributed by atoms with Crippen LogP contribution in [-0.4, -0.2) is 17.2 Å². The summed E-state index contributed by atoms with van der Waals surface area (Å²) in [7, 11) is 0. The van der Waals surface area contributed by atoms with Crippen molar-refractivity contribution in [3.05, 3.63) is 65.2 Å². The first-order valence-electron chi connectivity index (χ1n) is 6.17. The van der Waals surface area contributed by atoms with Crippen LogP contribution in [-0.2, 0) is 6.18 Å². The third kappa shape index (κ3) is 3.63. The number of hydrogen-bond donors (Lipinski definition) is 2. The fraction of sp³-hybridized carbons (Fsp3) is 0.0667. The van der Waals surface area contributed by atoms with Gasteiger partial charge in [0.05, 0.1) is 11.8 Å². The minimum absolute atomic E-state index is 0.313. The van der Waals surface area contributed by atoms with Crippen molar-refractivity contribution in [1.29, 1.82) is 0 Å². The first-order valence-corrected chi connectivity index (χ1v) is 6.17. The number of carbonyl (C=O) groups is 1. The monoisotopic (exact) mass is 308 g/mol. The van der Waals surface area contributed by atoms with Crippen molar-refractivity contribution in [3.8, 4) is 5.75 Å². The second-order valence-corrected chi connectivity index (χ2v) is 4.30. The molecular weight excluding hydrogens is 297 g/mol. The molecule has 0 aromatic heterocycles. The largest absolute Gasteiger partial charge is 0.507 e. The van der Waals surface area contributed by atoms with E-state index in [0.717, 1.165) is 24.4 Å². The number of nitrogens with one attached hydrogen (secondary N) is 1. The van der Waals surface area contributed by atoms with Crippen molar-refractivity contribution in [2.45, 2.75) is 6.18 Å². The van der Waals surface area contributed by atoms with Gasteiger partial charge in [-0.2, -0.15) is 18.3 Å². The average molecular weight is 308 g/mol. The van der Waals surface area contributed by atoms with Crippen LogP contribution < -0.4 is 5.43 Å². The zero-order valence-corrected chi connectivity index (χ0v) is 11.1. The summed E-state index contributed by atoms with van der Waals surface area (Å²) in [4.78, 5) is 11.7. The number of hydrazone groups is 1. The molecule has 0 unspecified atom stereocenters. The molecule has 0 aliphatic carbocycles. The van der Waals surface area contributed by atoms with Gasteiger partial charge in [-0.25, -0.2) is 5.43 Å². The van der Waals surface area contributed by atoms with Crippen LogP contribution in [0.25, 0.3) is 0 Å². The van der Waals surface area contributed by atoms with Gasteiger partial charge in [0.2, 0.25) is 0 Å². The Morgan fingerprint density at radius 3 is 2.41 bits per heavy atom. The van der Waals surface area contributed by atoms with Gasteiger partial charge in [0.25, 0.3) is 5.91 Å². The fourth-order valence-corrected chi connectivity index (χ4v) is 1.75. The Labute approximate surface area is 123 Å². The van der Waals surface area contributed by atoms with Gasteiger partial charge < -0.3 is 5.11 Å². The summed E-state index contributed by atoms with van der Waals surface area (Å²) in [6.45, 7) is 0. The zero-order chi connectivity index (χ0) is 16.2. The maximum Gasteiger partial charge on any atom is 0.417 e. The van der Waals surface area contributed by atoms with Gasteiger partial charge >= 0.3 is 6.18 Å². The molecule has 2 N–H and O–H groups in total. The van der Waals surface area contributed by atoms with E-state index in [2.05, 4.69) is 10.5 Å². The van der Waals surface area contributed by atoms with Gasteiger partial charge in [0.1, 0.15) is 5.75 Å². The molecule has 0 aliphatic heterocycles. The van der Waals surface area contributed by atoms with Gasteiger partial charge in [-0.3, -0.25) is 4.79 Å². The third-order valence-electron chi connectivity index (χ3n) is 2.78. The first kappa shape index (κ1) is 15.6. The standard InChI is InChI=1S/C15H11F3N2O2/c16-15(17,18)12-7-4-8-13(21)11(12)9-19-20-14(22)10-5-2-1-3-6-10/h1-9,21H,(H,20,22)/b19-9+. The van der Waals surface area contributed by atoms with Gasteiger partial charge in [-0.15, -0.1) is 0 Å². The van der Waals surface area contributed by atoms with E-state index >= 15 is 0 Å². The topological polar surface area (TPSA) is 61.7 Å². The minimum atomic E-state index is -4.64. The number of phenolic OH excluding ortho intramolecular Hbond substituents is 1. The maximum absolute atomic E-state index is 12.8. The lowest BCUT2D eigenvalue weighted by Gasteiger charge is -2.10. The highest BCUT2D eigenvalue weighted by Crippen LogP contribution is 2.34. The number of phenols is 1. The highest BCUT2D eigenvalue weighted by Gasteiger charge is 2.33. The van der Waals surface area contributed by atoms with Crippen LogP contribution in [0.15, 0.2) is 53.6 Å². The van der Waals surface area contributed by atoms with Gasteiger partial charge in [0, 0.05) is 11.1 Å². The SMILES string of the molecule is O=C(N/N=C/c1c(O)cccc1C(F)(F)F)c1ccccc1. The lowest BCUT2D eigenvalue weighted by atomic mass is 10.1. The second kappa shape index (κ2) is 6.30. The molecule has 0 spiro atoms. The van der Waals surface area contributed by atoms with E-state index in [-0.39, 0.29) is 0 Å². The van der Waals surface area contributed by atoms with Crippen LogP contribution in [0.2, 0.25) is 0 Å². The van der Waals surface area contributed by atoms with Gasteiger partial charge in [-0.1, -0.05) is 24.3 Å². The number of halogens is 3. The molecule has 1 amide bonds. The summed E-state index contributed by atoms with van der Waals surface area (Å²) < 4.78 is 38.5. The highest BCUT2D eigenvalue weighted by molar-refractivity contribution is 5.95. The average Bonchev–Trinajstić information content (AvgIpc) is 2.48. The Hall–Kier alpha value is -2.83. The van der Waals surface area contributed by atoms with E-state index in [1.165, 1.54) is 12.1 Å². The normalized spacial score (nSPS) is 11.6. The molecule has 0 fully saturated rings. The van der Waals surface area contributed by atoms with Crippen LogP contribution in [0, 0.1) is 0 Å². The molecule has 114 valence electrons. The van der Waals surface area contributed by atoms with Gasteiger partial charge in [0.15, 0.2) is 0 Å². The summed E-state index contributed by atoms with van der Waals surface area (Å²) in [5.74, 6) is -1.15. The zero-order valence-electron chi connectivity index (χ0n) is 11.1. The summed E-state index contributed by atoms with van der Waals surface area (Å²) in [6, 6.07) is 11.1. The molecule has 0 heterocycles. The second-order valence-electron chi connectivity index (χ2n) is 4.30. The molecule has 4 nitrogen and oxygen atoms in total. The molecule has 0 saturated carbocycles.